The molecule has 6 rings (SSSR count). The molecule has 0 aromatic heterocycles. The van der Waals surface area contributed by atoms with Gasteiger partial charge in [-0.25, -0.2) is 4.79 Å². The summed E-state index contributed by atoms with van der Waals surface area (Å²) in [6.07, 6.45) is 2.47. The summed E-state index contributed by atoms with van der Waals surface area (Å²) >= 11 is 0. The average molecular weight is 560 g/mol. The maximum absolute atomic E-state index is 13.7. The predicted octanol–water partition coefficient (Wildman–Crippen LogP) is 3.91. The lowest BCUT2D eigenvalue weighted by atomic mass is 9.82. The lowest BCUT2D eigenvalue weighted by Crippen LogP contribution is -2.65. The van der Waals surface area contributed by atoms with E-state index in [1.54, 1.807) is 49.6 Å². The predicted molar refractivity (Wildman–Crippen MR) is 155 cm³/mol. The van der Waals surface area contributed by atoms with Gasteiger partial charge in [-0.1, -0.05) is 66.7 Å². The number of benzene rings is 3. The summed E-state index contributed by atoms with van der Waals surface area (Å²) in [7, 11) is 3.07. The molecule has 3 aliphatic rings. The molecule has 216 valence electrons. The number of piperidine rings is 3. The Kier molecular flexibility index (Phi) is 8.61. The van der Waals surface area contributed by atoms with Crippen molar-refractivity contribution in [2.75, 3.05) is 46.9 Å². The van der Waals surface area contributed by atoms with Crippen LogP contribution in [-0.2, 0) is 15.1 Å². The van der Waals surface area contributed by atoms with Crippen molar-refractivity contribution < 1.29 is 33.4 Å². The number of carbonyl (C=O) groups excluding carboxylic acids is 2. The van der Waals surface area contributed by atoms with Crippen LogP contribution in [0.15, 0.2) is 78.9 Å². The lowest BCUT2D eigenvalue weighted by molar-refractivity contribution is -0.946. The van der Waals surface area contributed by atoms with E-state index < -0.39 is 11.6 Å². The van der Waals surface area contributed by atoms with Gasteiger partial charge in [-0.15, -0.1) is 0 Å². The van der Waals surface area contributed by atoms with E-state index in [9.17, 15) is 14.7 Å². The van der Waals surface area contributed by atoms with Crippen molar-refractivity contribution in [1.82, 2.24) is 5.32 Å². The van der Waals surface area contributed by atoms with E-state index in [0.717, 1.165) is 43.4 Å². The fraction of sp³-hybridized carbons (Fsp3) is 0.394. The van der Waals surface area contributed by atoms with Gasteiger partial charge in [0.05, 0.1) is 39.4 Å². The maximum atomic E-state index is 13.7. The van der Waals surface area contributed by atoms with E-state index in [0.29, 0.717) is 41.3 Å². The molecule has 41 heavy (non-hydrogen) atoms. The quantitative estimate of drug-likeness (QED) is 0.210. The van der Waals surface area contributed by atoms with Crippen molar-refractivity contribution in [3.63, 3.8) is 0 Å². The zero-order chi connectivity index (χ0) is 28.9. The second-order valence-corrected chi connectivity index (χ2v) is 11.1. The van der Waals surface area contributed by atoms with E-state index >= 15 is 0 Å². The number of nitrogens with zero attached hydrogens (tertiary/aromatic N) is 1. The second-order valence-electron chi connectivity index (χ2n) is 11.1. The number of nitrogens with one attached hydrogen (secondary N) is 1. The summed E-state index contributed by atoms with van der Waals surface area (Å²) in [5, 5.41) is 14.9. The first-order valence-electron chi connectivity index (χ1n) is 14.3. The zero-order valence-corrected chi connectivity index (χ0v) is 23.8. The summed E-state index contributed by atoms with van der Waals surface area (Å²) in [6.45, 7) is 4.16. The largest absolute Gasteiger partial charge is 0.493 e. The number of carbonyl (C=O) groups is 2. The molecule has 3 fully saturated rings. The minimum absolute atomic E-state index is 0.203. The van der Waals surface area contributed by atoms with Gasteiger partial charge in [-0.3, -0.25) is 4.79 Å². The highest BCUT2D eigenvalue weighted by molar-refractivity contribution is 5.97. The molecule has 3 aromatic carbocycles. The van der Waals surface area contributed by atoms with E-state index in [1.807, 2.05) is 36.4 Å². The molecular weight excluding hydrogens is 520 g/mol. The first kappa shape index (κ1) is 28.6. The Balaban J connectivity index is 1.22. The van der Waals surface area contributed by atoms with Crippen LogP contribution in [0, 0.1) is 5.92 Å². The highest BCUT2D eigenvalue weighted by atomic mass is 16.6. The first-order chi connectivity index (χ1) is 19.9. The van der Waals surface area contributed by atoms with Crippen LogP contribution in [0.25, 0.3) is 0 Å². The summed E-state index contributed by atoms with van der Waals surface area (Å²) < 4.78 is 17.7. The number of rotatable bonds is 11. The number of fused-ring (bicyclic) bond motifs is 3. The zero-order valence-electron chi connectivity index (χ0n) is 23.8. The van der Waals surface area contributed by atoms with Crippen LogP contribution in [0.1, 0.15) is 40.7 Å². The Labute approximate surface area is 241 Å². The molecule has 8 heteroatoms. The van der Waals surface area contributed by atoms with Gasteiger partial charge in [0.15, 0.2) is 17.6 Å². The van der Waals surface area contributed by atoms with Gasteiger partial charge in [0.2, 0.25) is 5.60 Å². The second kappa shape index (κ2) is 12.3. The molecule has 0 radical (unpaired) electrons. The average Bonchev–Trinajstić information content (AvgIpc) is 3.03. The Morgan fingerprint density at radius 2 is 1.54 bits per heavy atom. The van der Waals surface area contributed by atoms with Crippen LogP contribution in [0.5, 0.6) is 11.5 Å². The third-order valence-corrected chi connectivity index (χ3v) is 8.72. The molecule has 3 heterocycles. The van der Waals surface area contributed by atoms with Crippen molar-refractivity contribution in [3.05, 3.63) is 95.6 Å². The highest BCUT2D eigenvalue weighted by Gasteiger charge is 2.50. The van der Waals surface area contributed by atoms with Gasteiger partial charge < -0.3 is 29.1 Å². The summed E-state index contributed by atoms with van der Waals surface area (Å²) in [5.41, 5.74) is -0.464. The summed E-state index contributed by atoms with van der Waals surface area (Å²) in [5.74, 6) is 0.386. The van der Waals surface area contributed by atoms with Gasteiger partial charge >= 0.3 is 5.97 Å². The minimum Gasteiger partial charge on any atom is -0.493 e. The van der Waals surface area contributed by atoms with E-state index in [1.165, 1.54) is 7.11 Å². The van der Waals surface area contributed by atoms with Crippen molar-refractivity contribution >= 4 is 11.9 Å². The van der Waals surface area contributed by atoms with Crippen LogP contribution >= 0.6 is 0 Å². The van der Waals surface area contributed by atoms with Crippen molar-refractivity contribution in [3.8, 4) is 11.5 Å². The topological polar surface area (TPSA) is 94.1 Å². The van der Waals surface area contributed by atoms with Crippen LogP contribution < -0.4 is 14.8 Å². The Morgan fingerprint density at radius 1 is 0.902 bits per heavy atom. The number of hydrogen-bond donors (Lipinski definition) is 2. The van der Waals surface area contributed by atoms with Crippen molar-refractivity contribution in [1.29, 1.82) is 0 Å². The fourth-order valence-electron chi connectivity index (χ4n) is 6.43. The molecular formula is C33H39N2O6+. The maximum Gasteiger partial charge on any atom is 0.348 e. The number of hydrogen-bond acceptors (Lipinski definition) is 6. The Hall–Kier alpha value is -3.88. The molecule has 1 amide bonds. The lowest BCUT2D eigenvalue weighted by Gasteiger charge is -2.52. The molecule has 3 aromatic rings. The standard InChI is InChI=1S/C33H38N2O6/c1-39-28-16-9-15-27(30(28)40-2)31(36)34-19-10-20-35-21-17-24(18-22-35)29(23-35)41-32(37)33(38,25-11-5-3-6-12-25)26-13-7-4-8-14-26/h3-9,11-16,24,29,38H,10,17-23H2,1-2H3/p+1/t24?,29-,35?/m0/s1. The van der Waals surface area contributed by atoms with Gasteiger partial charge in [0, 0.05) is 31.7 Å². The molecule has 2 N–H and O–H groups in total. The number of aliphatic hydroxyl groups is 1. The van der Waals surface area contributed by atoms with Crippen LogP contribution in [-0.4, -0.2) is 74.5 Å². The van der Waals surface area contributed by atoms with E-state index in [4.69, 9.17) is 14.2 Å². The first-order valence-corrected chi connectivity index (χ1v) is 14.3. The molecule has 0 spiro atoms. The molecule has 8 nitrogen and oxygen atoms in total. The molecule has 0 unspecified atom stereocenters. The summed E-state index contributed by atoms with van der Waals surface area (Å²) in [4.78, 5) is 26.6. The van der Waals surface area contributed by atoms with E-state index in [-0.39, 0.29) is 17.9 Å². The van der Waals surface area contributed by atoms with Gasteiger partial charge in [0.1, 0.15) is 6.54 Å². The Bertz CT molecular complexity index is 1300. The number of quaternary nitrogens is 1. The minimum atomic E-state index is -1.88. The number of esters is 1. The highest BCUT2D eigenvalue weighted by Crippen LogP contribution is 2.38. The smallest absolute Gasteiger partial charge is 0.348 e. The van der Waals surface area contributed by atoms with Gasteiger partial charge in [-0.2, -0.15) is 0 Å². The summed E-state index contributed by atoms with van der Waals surface area (Å²) in [6, 6.07) is 23.3. The number of amides is 1. The van der Waals surface area contributed by atoms with Gasteiger partial charge in [-0.05, 0) is 23.3 Å². The monoisotopic (exact) mass is 559 g/mol. The van der Waals surface area contributed by atoms with Crippen LogP contribution in [0.3, 0.4) is 0 Å². The van der Waals surface area contributed by atoms with Crippen molar-refractivity contribution in [2.45, 2.75) is 31.0 Å². The SMILES string of the molecule is COc1cccc(C(=O)NCCC[N+]23CCC(CC2)[C@@H](OC(=O)C(O)(c2ccccc2)c2ccccc2)C3)c1OC. The number of para-hydroxylation sites is 1. The normalized spacial score (nSPS) is 21.6. The fourth-order valence-corrected chi connectivity index (χ4v) is 6.43. The molecule has 2 bridgehead atoms. The third-order valence-electron chi connectivity index (χ3n) is 8.72. The number of ether oxygens (including phenoxy) is 3. The molecule has 0 saturated carbocycles. The van der Waals surface area contributed by atoms with Crippen molar-refractivity contribution in [2.24, 2.45) is 5.92 Å². The molecule has 3 aliphatic heterocycles. The number of methoxy groups -OCH3 is 2. The third kappa shape index (κ3) is 5.80. The van der Waals surface area contributed by atoms with Crippen LogP contribution in [0.4, 0.5) is 0 Å². The molecule has 3 saturated heterocycles. The van der Waals surface area contributed by atoms with Crippen LogP contribution in [0.2, 0.25) is 0 Å². The molecule has 1 atom stereocenters. The van der Waals surface area contributed by atoms with E-state index in [2.05, 4.69) is 5.32 Å². The Morgan fingerprint density at radius 3 is 2.12 bits per heavy atom. The van der Waals surface area contributed by atoms with Gasteiger partial charge in [0.25, 0.3) is 5.91 Å². The molecule has 0 aliphatic carbocycles.